The lowest BCUT2D eigenvalue weighted by molar-refractivity contribution is -0.123. The van der Waals surface area contributed by atoms with E-state index in [-0.39, 0.29) is 5.91 Å². The first-order valence-electron chi connectivity index (χ1n) is 6.75. The number of carbonyl (C=O) groups is 1. The second-order valence-corrected chi connectivity index (χ2v) is 6.10. The fourth-order valence-corrected chi connectivity index (χ4v) is 3.07. The molecule has 18 heavy (non-hydrogen) atoms. The Morgan fingerprint density at radius 3 is 2.67 bits per heavy atom. The molecule has 4 nitrogen and oxygen atoms in total. The Labute approximate surface area is 114 Å². The number of hydrogen-bond donors (Lipinski definition) is 2. The zero-order valence-corrected chi connectivity index (χ0v) is 12.3. The first-order chi connectivity index (χ1) is 8.67. The minimum Gasteiger partial charge on any atom is -0.385 e. The third-order valence-corrected chi connectivity index (χ3v) is 4.69. The highest BCUT2D eigenvalue weighted by Crippen LogP contribution is 2.26. The zero-order valence-electron chi connectivity index (χ0n) is 11.5. The van der Waals surface area contributed by atoms with Crippen LogP contribution in [0.2, 0.25) is 0 Å². The highest BCUT2D eigenvalue weighted by molar-refractivity contribution is 7.99. The minimum absolute atomic E-state index is 0.00120. The molecular weight excluding hydrogens is 248 g/mol. The summed E-state index contributed by atoms with van der Waals surface area (Å²) in [6, 6.07) is -0.0622. The van der Waals surface area contributed by atoms with Crippen LogP contribution >= 0.6 is 11.8 Å². The van der Waals surface area contributed by atoms with Crippen LogP contribution < -0.4 is 11.1 Å². The van der Waals surface area contributed by atoms with Gasteiger partial charge in [-0.15, -0.1) is 0 Å². The molecule has 1 unspecified atom stereocenters. The van der Waals surface area contributed by atoms with Crippen molar-refractivity contribution in [2.75, 3.05) is 20.0 Å². The number of methoxy groups -OCH3 is 1. The number of rotatable bonds is 7. The van der Waals surface area contributed by atoms with Gasteiger partial charge in [0.1, 0.15) is 0 Å². The van der Waals surface area contributed by atoms with E-state index in [9.17, 15) is 4.79 Å². The van der Waals surface area contributed by atoms with Crippen molar-refractivity contribution in [2.24, 2.45) is 5.73 Å². The van der Waals surface area contributed by atoms with Crippen LogP contribution in [0.4, 0.5) is 0 Å². The van der Waals surface area contributed by atoms with Crippen LogP contribution in [-0.4, -0.2) is 43.2 Å². The van der Waals surface area contributed by atoms with Gasteiger partial charge in [0.25, 0.3) is 0 Å². The number of carbonyl (C=O) groups excluding carboxylic acids is 1. The molecular formula is C13H26N2O2S. The maximum absolute atomic E-state index is 11.9. The zero-order chi connectivity index (χ0) is 13.4. The topological polar surface area (TPSA) is 64.3 Å². The van der Waals surface area contributed by atoms with Crippen LogP contribution in [0, 0.1) is 0 Å². The van der Waals surface area contributed by atoms with Crippen molar-refractivity contribution in [1.29, 1.82) is 0 Å². The first kappa shape index (κ1) is 15.8. The molecule has 1 atom stereocenters. The van der Waals surface area contributed by atoms with Gasteiger partial charge in [0.15, 0.2) is 0 Å². The van der Waals surface area contributed by atoms with E-state index in [1.807, 2.05) is 11.8 Å². The van der Waals surface area contributed by atoms with Crippen LogP contribution in [0.5, 0.6) is 0 Å². The largest absolute Gasteiger partial charge is 0.385 e. The number of nitrogens with two attached hydrogens (primary N) is 1. The van der Waals surface area contributed by atoms with Gasteiger partial charge >= 0.3 is 0 Å². The average molecular weight is 274 g/mol. The Hall–Kier alpha value is -0.260. The molecule has 1 aliphatic rings. The number of amides is 1. The Morgan fingerprint density at radius 2 is 2.11 bits per heavy atom. The lowest BCUT2D eigenvalue weighted by Crippen LogP contribution is -2.46. The van der Waals surface area contributed by atoms with Gasteiger partial charge in [-0.25, -0.2) is 0 Å². The summed E-state index contributed by atoms with van der Waals surface area (Å²) < 4.78 is 4.96. The average Bonchev–Trinajstić information content (AvgIpc) is 2.39. The lowest BCUT2D eigenvalue weighted by Gasteiger charge is -2.28. The highest BCUT2D eigenvalue weighted by atomic mass is 32.2. The maximum Gasteiger partial charge on any atom is 0.237 e. The van der Waals surface area contributed by atoms with Gasteiger partial charge in [-0.3, -0.25) is 4.79 Å². The Bertz CT molecular complexity index is 243. The van der Waals surface area contributed by atoms with Crippen LogP contribution in [0.3, 0.4) is 0 Å². The van der Waals surface area contributed by atoms with E-state index in [1.165, 1.54) is 12.8 Å². The second kappa shape index (κ2) is 8.77. The normalized spacial score (nSPS) is 25.7. The molecule has 0 saturated heterocycles. The molecule has 106 valence electrons. The van der Waals surface area contributed by atoms with E-state index in [4.69, 9.17) is 10.5 Å². The van der Waals surface area contributed by atoms with Gasteiger partial charge in [0.05, 0.1) is 6.04 Å². The number of ether oxygens (including phenoxy) is 1. The van der Waals surface area contributed by atoms with Crippen LogP contribution in [0.15, 0.2) is 0 Å². The SMILES string of the molecule is COCCCC(N)C(=O)NC1CCC(SC)CC1. The maximum atomic E-state index is 11.9. The highest BCUT2D eigenvalue weighted by Gasteiger charge is 2.23. The van der Waals surface area contributed by atoms with E-state index in [1.54, 1.807) is 7.11 Å². The van der Waals surface area contributed by atoms with Crippen LogP contribution in [0.25, 0.3) is 0 Å². The molecule has 1 fully saturated rings. The molecule has 0 spiro atoms. The van der Waals surface area contributed by atoms with Crippen LogP contribution in [-0.2, 0) is 9.53 Å². The van der Waals surface area contributed by atoms with Crippen molar-refractivity contribution >= 4 is 17.7 Å². The predicted molar refractivity (Wildman–Crippen MR) is 76.8 cm³/mol. The molecule has 0 aromatic heterocycles. The van der Waals surface area contributed by atoms with Crippen molar-refractivity contribution in [3.05, 3.63) is 0 Å². The first-order valence-corrected chi connectivity index (χ1v) is 8.03. The molecule has 0 radical (unpaired) electrons. The molecule has 3 N–H and O–H groups in total. The summed E-state index contributed by atoms with van der Waals surface area (Å²) in [5.74, 6) is -0.00120. The fourth-order valence-electron chi connectivity index (χ4n) is 2.33. The Kier molecular flexibility index (Phi) is 7.70. The van der Waals surface area contributed by atoms with Crippen molar-refractivity contribution in [1.82, 2.24) is 5.32 Å². The molecule has 0 heterocycles. The van der Waals surface area contributed by atoms with Crippen LogP contribution in [0.1, 0.15) is 38.5 Å². The quantitative estimate of drug-likeness (QED) is 0.691. The van der Waals surface area contributed by atoms with Gasteiger partial charge in [-0.2, -0.15) is 11.8 Å². The van der Waals surface area contributed by atoms with E-state index in [0.29, 0.717) is 19.1 Å². The van der Waals surface area contributed by atoms with Gasteiger partial charge < -0.3 is 15.8 Å². The molecule has 1 saturated carbocycles. The third kappa shape index (κ3) is 5.59. The molecule has 1 rings (SSSR count). The van der Waals surface area contributed by atoms with Crippen molar-refractivity contribution in [3.63, 3.8) is 0 Å². The van der Waals surface area contributed by atoms with Crippen molar-refractivity contribution in [3.8, 4) is 0 Å². The molecule has 1 amide bonds. The fraction of sp³-hybridized carbons (Fsp3) is 0.923. The Morgan fingerprint density at radius 1 is 1.44 bits per heavy atom. The van der Waals surface area contributed by atoms with Gasteiger partial charge in [-0.1, -0.05) is 0 Å². The standard InChI is InChI=1S/C13H26N2O2S/c1-17-9-3-4-12(14)13(16)15-10-5-7-11(18-2)8-6-10/h10-12H,3-9,14H2,1-2H3,(H,15,16). The monoisotopic (exact) mass is 274 g/mol. The summed E-state index contributed by atoms with van der Waals surface area (Å²) in [7, 11) is 1.66. The van der Waals surface area contributed by atoms with E-state index < -0.39 is 6.04 Å². The molecule has 0 aliphatic heterocycles. The number of nitrogens with one attached hydrogen (secondary N) is 1. The lowest BCUT2D eigenvalue weighted by atomic mass is 9.94. The predicted octanol–water partition coefficient (Wildman–Crippen LogP) is 1.53. The Balaban J connectivity index is 2.19. The van der Waals surface area contributed by atoms with Crippen molar-refractivity contribution < 1.29 is 9.53 Å². The molecule has 1 aliphatic carbocycles. The smallest absolute Gasteiger partial charge is 0.237 e. The molecule has 5 heteroatoms. The summed E-state index contributed by atoms with van der Waals surface area (Å²) in [5.41, 5.74) is 5.86. The minimum atomic E-state index is -0.390. The van der Waals surface area contributed by atoms with Gasteiger partial charge in [0, 0.05) is 25.0 Å². The second-order valence-electron chi connectivity index (χ2n) is 4.96. The summed E-state index contributed by atoms with van der Waals surface area (Å²) in [6.45, 7) is 0.666. The molecule has 0 aromatic carbocycles. The number of hydrogen-bond acceptors (Lipinski definition) is 4. The summed E-state index contributed by atoms with van der Waals surface area (Å²) in [4.78, 5) is 11.9. The van der Waals surface area contributed by atoms with E-state index in [2.05, 4.69) is 11.6 Å². The van der Waals surface area contributed by atoms with Gasteiger partial charge in [0.2, 0.25) is 5.91 Å². The summed E-state index contributed by atoms with van der Waals surface area (Å²) in [6.07, 6.45) is 8.26. The van der Waals surface area contributed by atoms with Gasteiger partial charge in [-0.05, 0) is 44.8 Å². The number of thioether (sulfide) groups is 1. The van der Waals surface area contributed by atoms with E-state index >= 15 is 0 Å². The summed E-state index contributed by atoms with van der Waals surface area (Å²) in [5, 5.41) is 3.85. The third-order valence-electron chi connectivity index (χ3n) is 3.55. The molecule has 0 bridgehead atoms. The van der Waals surface area contributed by atoms with E-state index in [0.717, 1.165) is 24.5 Å². The molecule has 0 aromatic rings. The van der Waals surface area contributed by atoms with Crippen molar-refractivity contribution in [2.45, 2.75) is 55.9 Å². The summed E-state index contributed by atoms with van der Waals surface area (Å²) >= 11 is 1.94.